The van der Waals surface area contributed by atoms with Gasteiger partial charge in [0.1, 0.15) is 12.1 Å². The van der Waals surface area contributed by atoms with Gasteiger partial charge in [0.15, 0.2) is 0 Å². The maximum absolute atomic E-state index is 12.5. The first-order valence-corrected chi connectivity index (χ1v) is 9.13. The second kappa shape index (κ2) is 6.46. The van der Waals surface area contributed by atoms with Gasteiger partial charge in [-0.3, -0.25) is 18.9 Å². The Morgan fingerprint density at radius 2 is 1.92 bits per heavy atom. The lowest BCUT2D eigenvalue weighted by atomic mass is 10.00. The third-order valence-electron chi connectivity index (χ3n) is 4.55. The minimum Gasteiger partial charge on any atom is -0.344 e. The molecule has 0 aromatic heterocycles. The molecule has 0 radical (unpaired) electrons. The van der Waals surface area contributed by atoms with Crippen LogP contribution in [0.15, 0.2) is 0 Å². The summed E-state index contributed by atoms with van der Waals surface area (Å²) >= 11 is 0. The SMILES string of the molecule is NN(C(=O)[C@@H]1CCC(=O)N1)C(=O)[C@@H]1CC[C@@H]2CN1C(=O)N2OS(=O)(=O)O. The van der Waals surface area contributed by atoms with Crippen molar-refractivity contribution >= 4 is 34.2 Å². The van der Waals surface area contributed by atoms with Gasteiger partial charge >= 0.3 is 16.4 Å². The summed E-state index contributed by atoms with van der Waals surface area (Å²) in [5.41, 5.74) is 0. The van der Waals surface area contributed by atoms with Crippen LogP contribution in [0.5, 0.6) is 0 Å². The van der Waals surface area contributed by atoms with E-state index in [1.54, 1.807) is 0 Å². The zero-order valence-corrected chi connectivity index (χ0v) is 14.2. The van der Waals surface area contributed by atoms with Crippen LogP contribution < -0.4 is 11.2 Å². The highest BCUT2D eigenvalue weighted by Gasteiger charge is 2.50. The molecule has 14 heteroatoms. The fourth-order valence-electron chi connectivity index (χ4n) is 3.32. The maximum atomic E-state index is 12.5. The number of hydroxylamine groups is 2. The second-order valence-electron chi connectivity index (χ2n) is 6.22. The molecular weight excluding hydrogens is 374 g/mol. The van der Waals surface area contributed by atoms with Gasteiger partial charge in [-0.05, 0) is 19.3 Å². The first-order valence-electron chi connectivity index (χ1n) is 7.77. The summed E-state index contributed by atoms with van der Waals surface area (Å²) in [4.78, 5) is 49.3. The summed E-state index contributed by atoms with van der Waals surface area (Å²) in [6, 6.07) is -3.58. The summed E-state index contributed by atoms with van der Waals surface area (Å²) < 4.78 is 34.7. The number of rotatable bonds is 4. The molecule has 0 spiro atoms. The highest BCUT2D eigenvalue weighted by atomic mass is 32.3. The number of hydrogen-bond acceptors (Lipinski definition) is 8. The maximum Gasteiger partial charge on any atom is 0.418 e. The fourth-order valence-corrected chi connectivity index (χ4v) is 3.71. The van der Waals surface area contributed by atoms with Crippen molar-refractivity contribution in [3.63, 3.8) is 0 Å². The zero-order chi connectivity index (χ0) is 19.2. The van der Waals surface area contributed by atoms with Crippen LogP contribution in [0.4, 0.5) is 4.79 Å². The number of piperidine rings is 1. The number of carbonyl (C=O) groups excluding carboxylic acids is 4. The van der Waals surface area contributed by atoms with Gasteiger partial charge in [0.05, 0.1) is 6.04 Å². The Morgan fingerprint density at radius 1 is 1.23 bits per heavy atom. The summed E-state index contributed by atoms with van der Waals surface area (Å²) in [6.07, 6.45) is 0.690. The summed E-state index contributed by atoms with van der Waals surface area (Å²) in [7, 11) is -4.90. The molecule has 5 amide bonds. The van der Waals surface area contributed by atoms with Gasteiger partial charge in [-0.15, -0.1) is 4.28 Å². The van der Waals surface area contributed by atoms with Crippen LogP contribution in [0.3, 0.4) is 0 Å². The van der Waals surface area contributed by atoms with Gasteiger partial charge in [-0.1, -0.05) is 0 Å². The first-order chi connectivity index (χ1) is 12.1. The molecule has 144 valence electrons. The van der Waals surface area contributed by atoms with E-state index in [-0.39, 0.29) is 38.1 Å². The normalized spacial score (nSPS) is 28.3. The number of nitrogens with two attached hydrogens (primary N) is 1. The van der Waals surface area contributed by atoms with E-state index in [1.807, 2.05) is 0 Å². The molecular formula is C12H17N5O8S. The molecule has 0 aromatic rings. The minimum absolute atomic E-state index is 0.0209. The predicted molar refractivity (Wildman–Crippen MR) is 80.6 cm³/mol. The predicted octanol–water partition coefficient (Wildman–Crippen LogP) is -2.50. The Kier molecular flexibility index (Phi) is 4.60. The van der Waals surface area contributed by atoms with Gasteiger partial charge in [0.2, 0.25) is 5.91 Å². The molecule has 2 bridgehead atoms. The van der Waals surface area contributed by atoms with Crippen LogP contribution in [-0.4, -0.2) is 76.4 Å². The summed E-state index contributed by atoms with van der Waals surface area (Å²) in [6.45, 7) is -0.0209. The standard InChI is InChI=1S/C12H17N5O8S/c13-16(10(19)7-2-4-9(18)14-7)11(20)8-3-1-6-5-15(8)12(21)17(6)25-26(22,23)24/h6-8H,1-5,13H2,(H,14,18)(H,22,23,24)/t6-,7+,8+/m1/s1. The molecule has 26 heavy (non-hydrogen) atoms. The van der Waals surface area contributed by atoms with Gasteiger partial charge in [0, 0.05) is 13.0 Å². The van der Waals surface area contributed by atoms with E-state index in [9.17, 15) is 27.6 Å². The van der Waals surface area contributed by atoms with Crippen molar-refractivity contribution in [1.82, 2.24) is 20.3 Å². The van der Waals surface area contributed by atoms with Crippen molar-refractivity contribution in [2.24, 2.45) is 5.84 Å². The molecule has 13 nitrogen and oxygen atoms in total. The van der Waals surface area contributed by atoms with E-state index < -0.39 is 46.4 Å². The van der Waals surface area contributed by atoms with Crippen LogP contribution in [0, 0.1) is 0 Å². The van der Waals surface area contributed by atoms with Crippen molar-refractivity contribution < 1.29 is 36.4 Å². The molecule has 4 N–H and O–H groups in total. The van der Waals surface area contributed by atoms with Crippen LogP contribution in [0.2, 0.25) is 0 Å². The average molecular weight is 391 g/mol. The molecule has 0 aromatic carbocycles. The molecule has 3 aliphatic heterocycles. The van der Waals surface area contributed by atoms with E-state index in [0.29, 0.717) is 10.1 Å². The van der Waals surface area contributed by atoms with Gasteiger partial charge in [-0.2, -0.15) is 13.5 Å². The summed E-state index contributed by atoms with van der Waals surface area (Å²) in [5, 5.41) is 3.27. The average Bonchev–Trinajstić information content (AvgIpc) is 3.10. The smallest absolute Gasteiger partial charge is 0.344 e. The molecule has 0 aliphatic carbocycles. The largest absolute Gasteiger partial charge is 0.418 e. The number of hydrogen-bond donors (Lipinski definition) is 3. The lowest BCUT2D eigenvalue weighted by Gasteiger charge is -2.31. The quantitative estimate of drug-likeness (QED) is 0.153. The Hall–Kier alpha value is -2.29. The van der Waals surface area contributed by atoms with Gasteiger partial charge < -0.3 is 10.2 Å². The number of carbonyl (C=O) groups is 4. The summed E-state index contributed by atoms with van der Waals surface area (Å²) in [5.74, 6) is 3.63. The lowest BCUT2D eigenvalue weighted by Crippen LogP contribution is -2.58. The van der Waals surface area contributed by atoms with Crippen LogP contribution in [0.25, 0.3) is 0 Å². The molecule has 3 saturated heterocycles. The molecule has 3 heterocycles. The zero-order valence-electron chi connectivity index (χ0n) is 13.4. The number of amides is 5. The van der Waals surface area contributed by atoms with Gasteiger partial charge in [-0.25, -0.2) is 15.6 Å². The number of fused-ring (bicyclic) bond motifs is 2. The topological polar surface area (TPSA) is 180 Å². The van der Waals surface area contributed by atoms with Crippen LogP contribution in [-0.2, 0) is 29.1 Å². The highest BCUT2D eigenvalue weighted by molar-refractivity contribution is 7.80. The Bertz CT molecular complexity index is 770. The Balaban J connectivity index is 1.70. The third kappa shape index (κ3) is 3.35. The third-order valence-corrected chi connectivity index (χ3v) is 4.90. The van der Waals surface area contributed by atoms with Crippen molar-refractivity contribution in [3.05, 3.63) is 0 Å². The van der Waals surface area contributed by atoms with Crippen LogP contribution in [0.1, 0.15) is 25.7 Å². The first kappa shape index (κ1) is 18.5. The number of hydrazine groups is 1. The Morgan fingerprint density at radius 3 is 2.50 bits per heavy atom. The monoisotopic (exact) mass is 391 g/mol. The van der Waals surface area contributed by atoms with Crippen LogP contribution >= 0.6 is 0 Å². The van der Waals surface area contributed by atoms with Gasteiger partial charge in [0.25, 0.3) is 11.8 Å². The number of nitrogens with one attached hydrogen (secondary N) is 1. The number of nitrogens with zero attached hydrogens (tertiary/aromatic N) is 3. The lowest BCUT2D eigenvalue weighted by molar-refractivity contribution is -0.150. The highest BCUT2D eigenvalue weighted by Crippen LogP contribution is 2.31. The second-order valence-corrected chi connectivity index (χ2v) is 7.22. The Labute approximate surface area is 147 Å². The van der Waals surface area contributed by atoms with Crippen molar-refractivity contribution in [2.45, 2.75) is 43.8 Å². The molecule has 3 rings (SSSR count). The van der Waals surface area contributed by atoms with E-state index in [0.717, 1.165) is 4.90 Å². The van der Waals surface area contributed by atoms with E-state index >= 15 is 0 Å². The fraction of sp³-hybridized carbons (Fsp3) is 0.667. The van der Waals surface area contributed by atoms with Crippen molar-refractivity contribution in [2.75, 3.05) is 6.54 Å². The van der Waals surface area contributed by atoms with E-state index in [4.69, 9.17) is 10.4 Å². The molecule has 0 saturated carbocycles. The van der Waals surface area contributed by atoms with Crippen molar-refractivity contribution in [1.29, 1.82) is 0 Å². The van der Waals surface area contributed by atoms with E-state index in [2.05, 4.69) is 9.60 Å². The van der Waals surface area contributed by atoms with E-state index in [1.165, 1.54) is 0 Å². The number of urea groups is 1. The van der Waals surface area contributed by atoms with Crippen molar-refractivity contribution in [3.8, 4) is 0 Å². The molecule has 0 unspecified atom stereocenters. The molecule has 3 aliphatic rings. The minimum atomic E-state index is -4.90. The number of imide groups is 1. The molecule has 3 atom stereocenters. The molecule has 3 fully saturated rings.